The lowest BCUT2D eigenvalue weighted by atomic mass is 9.98. The van der Waals surface area contributed by atoms with E-state index in [1.165, 1.54) is 0 Å². The molecule has 0 N–H and O–H groups in total. The Morgan fingerprint density at radius 3 is 1.57 bits per heavy atom. The summed E-state index contributed by atoms with van der Waals surface area (Å²) in [4.78, 5) is -0.292. The monoisotopic (exact) mass is 216 g/mol. The number of thioether (sulfide) groups is 1. The zero-order valence-corrected chi connectivity index (χ0v) is 9.86. The second-order valence-corrected chi connectivity index (χ2v) is 7.23. The molecular weight excluding hydrogens is 200 g/mol. The van der Waals surface area contributed by atoms with Gasteiger partial charge in [0.15, 0.2) is 11.6 Å². The van der Waals surface area contributed by atoms with Crippen LogP contribution in [-0.2, 0) is 14.2 Å². The summed E-state index contributed by atoms with van der Waals surface area (Å²) in [7, 11) is 0. The molecule has 0 aromatic rings. The lowest BCUT2D eigenvalue weighted by Gasteiger charge is -2.65. The molecule has 0 aliphatic carbocycles. The molecule has 0 unspecified atom stereocenters. The van der Waals surface area contributed by atoms with Crippen molar-refractivity contribution in [3.63, 3.8) is 0 Å². The molecule has 4 rings (SSSR count). The molecule has 4 aliphatic rings. The molecule has 0 radical (unpaired) electrons. The van der Waals surface area contributed by atoms with Crippen molar-refractivity contribution < 1.29 is 14.2 Å². The average Bonchev–Trinajstić information content (AvgIpc) is 1.67. The second kappa shape index (κ2) is 2.17. The Hall–Kier alpha value is 0.230. The van der Waals surface area contributed by atoms with Crippen molar-refractivity contribution in [1.29, 1.82) is 0 Å². The molecule has 4 atom stereocenters. The van der Waals surface area contributed by atoms with Gasteiger partial charge >= 0.3 is 0 Å². The van der Waals surface area contributed by atoms with Gasteiger partial charge in [0.2, 0.25) is 0 Å². The highest BCUT2D eigenvalue weighted by atomic mass is 32.2. The van der Waals surface area contributed by atoms with E-state index in [1.54, 1.807) is 11.8 Å². The minimum absolute atomic E-state index is 0.146. The van der Waals surface area contributed by atoms with Crippen molar-refractivity contribution in [1.82, 2.24) is 0 Å². The van der Waals surface area contributed by atoms with E-state index < -0.39 is 11.6 Å². The number of hydrogen-bond donors (Lipinski definition) is 0. The lowest BCUT2D eigenvalue weighted by Crippen LogP contribution is -2.70. The topological polar surface area (TPSA) is 27.7 Å². The van der Waals surface area contributed by atoms with Crippen molar-refractivity contribution in [2.45, 2.75) is 62.0 Å². The lowest BCUT2D eigenvalue weighted by molar-refractivity contribution is -0.464. The van der Waals surface area contributed by atoms with Crippen molar-refractivity contribution in [3.8, 4) is 0 Å². The Bertz CT molecular complexity index is 208. The molecule has 0 saturated carbocycles. The van der Waals surface area contributed by atoms with Gasteiger partial charge in [0.05, 0.1) is 0 Å². The molecule has 4 fully saturated rings. The van der Waals surface area contributed by atoms with Gasteiger partial charge < -0.3 is 14.2 Å². The summed E-state index contributed by atoms with van der Waals surface area (Å²) in [6.45, 7) is 8.31. The van der Waals surface area contributed by atoms with Crippen LogP contribution in [-0.4, -0.2) is 21.4 Å². The second-order valence-electron chi connectivity index (χ2n) is 5.30. The molecule has 4 saturated heterocycles. The predicted octanol–water partition coefficient (Wildman–Crippen LogP) is 2.46. The van der Waals surface area contributed by atoms with Crippen LogP contribution >= 0.6 is 11.8 Å². The third-order valence-electron chi connectivity index (χ3n) is 3.01. The fraction of sp³-hybridized carbons (Fsp3) is 1.00. The SMILES string of the molecule is C[C@]12C[C@@]3(C)O[C@](C)(C[C@@](C)(O1)S3)O2. The van der Waals surface area contributed by atoms with Crippen LogP contribution in [0.2, 0.25) is 0 Å². The first-order chi connectivity index (χ1) is 6.24. The van der Waals surface area contributed by atoms with Gasteiger partial charge in [-0.2, -0.15) is 0 Å². The summed E-state index contributed by atoms with van der Waals surface area (Å²) in [5.74, 6) is -0.917. The van der Waals surface area contributed by atoms with Gasteiger partial charge in [-0.05, 0) is 27.7 Å². The van der Waals surface area contributed by atoms with E-state index in [2.05, 4.69) is 13.8 Å². The Kier molecular flexibility index (Phi) is 1.46. The van der Waals surface area contributed by atoms with E-state index in [-0.39, 0.29) is 9.87 Å². The molecule has 4 heterocycles. The molecular formula is C10H16O3S. The van der Waals surface area contributed by atoms with Crippen LogP contribution in [0.5, 0.6) is 0 Å². The third-order valence-corrected chi connectivity index (χ3v) is 4.33. The predicted molar refractivity (Wildman–Crippen MR) is 53.7 cm³/mol. The number of ether oxygens (including phenoxy) is 3. The Morgan fingerprint density at radius 1 is 0.786 bits per heavy atom. The van der Waals surface area contributed by atoms with Crippen LogP contribution in [0.4, 0.5) is 0 Å². The van der Waals surface area contributed by atoms with Crippen LogP contribution in [0.25, 0.3) is 0 Å². The molecule has 4 heteroatoms. The Balaban J connectivity index is 2.08. The average molecular weight is 216 g/mol. The normalized spacial score (nSPS) is 66.0. The van der Waals surface area contributed by atoms with Gasteiger partial charge in [-0.15, -0.1) is 0 Å². The van der Waals surface area contributed by atoms with Crippen LogP contribution in [0.1, 0.15) is 40.5 Å². The maximum absolute atomic E-state index is 5.99. The maximum Gasteiger partial charge on any atom is 0.174 e. The quantitative estimate of drug-likeness (QED) is 0.621. The first-order valence-electron chi connectivity index (χ1n) is 5.05. The zero-order valence-electron chi connectivity index (χ0n) is 9.05. The third kappa shape index (κ3) is 1.18. The van der Waals surface area contributed by atoms with Crippen LogP contribution < -0.4 is 0 Å². The van der Waals surface area contributed by atoms with E-state index in [1.807, 2.05) is 13.8 Å². The number of hydrogen-bond acceptors (Lipinski definition) is 4. The maximum atomic E-state index is 5.99. The minimum Gasteiger partial charge on any atom is -0.333 e. The van der Waals surface area contributed by atoms with Crippen molar-refractivity contribution >= 4 is 11.8 Å². The van der Waals surface area contributed by atoms with Gasteiger partial charge in [0, 0.05) is 12.8 Å². The van der Waals surface area contributed by atoms with E-state index in [9.17, 15) is 0 Å². The summed E-state index contributed by atoms with van der Waals surface area (Å²) >= 11 is 1.78. The summed E-state index contributed by atoms with van der Waals surface area (Å²) in [6.07, 6.45) is 1.60. The van der Waals surface area contributed by atoms with Gasteiger partial charge in [-0.1, -0.05) is 11.8 Å². The largest absolute Gasteiger partial charge is 0.333 e. The minimum atomic E-state index is -0.458. The molecule has 0 amide bonds. The molecule has 80 valence electrons. The van der Waals surface area contributed by atoms with Gasteiger partial charge in [0.1, 0.15) is 9.87 Å². The molecule has 4 bridgehead atoms. The molecule has 0 spiro atoms. The zero-order chi connectivity index (χ0) is 10.2. The van der Waals surface area contributed by atoms with E-state index in [0.717, 1.165) is 12.8 Å². The van der Waals surface area contributed by atoms with Gasteiger partial charge in [-0.3, -0.25) is 0 Å². The molecule has 0 aromatic heterocycles. The van der Waals surface area contributed by atoms with Crippen molar-refractivity contribution in [3.05, 3.63) is 0 Å². The summed E-state index contributed by atoms with van der Waals surface area (Å²) in [6, 6.07) is 0. The highest BCUT2D eigenvalue weighted by Gasteiger charge is 2.66. The van der Waals surface area contributed by atoms with E-state index >= 15 is 0 Å². The highest BCUT2D eigenvalue weighted by Crippen LogP contribution is 2.64. The highest BCUT2D eigenvalue weighted by molar-refractivity contribution is 8.01. The van der Waals surface area contributed by atoms with Crippen LogP contribution in [0, 0.1) is 0 Å². The van der Waals surface area contributed by atoms with Crippen molar-refractivity contribution in [2.75, 3.05) is 0 Å². The van der Waals surface area contributed by atoms with Crippen molar-refractivity contribution in [2.24, 2.45) is 0 Å². The Morgan fingerprint density at radius 2 is 1.21 bits per heavy atom. The molecule has 0 aromatic carbocycles. The fourth-order valence-corrected chi connectivity index (χ4v) is 5.38. The summed E-state index contributed by atoms with van der Waals surface area (Å²) < 4.78 is 17.8. The molecule has 14 heavy (non-hydrogen) atoms. The fourth-order valence-electron chi connectivity index (χ4n) is 3.37. The van der Waals surface area contributed by atoms with E-state index in [4.69, 9.17) is 14.2 Å². The standard InChI is InChI=1S/C10H16O3S/c1-7-5-9(3)13-8(2,11-7)6-10(4,12-7)14-9/h5-6H2,1-4H3/t7-,8-,9+,10+/m1/s1. The molecule has 4 aliphatic heterocycles. The van der Waals surface area contributed by atoms with Gasteiger partial charge in [0.25, 0.3) is 0 Å². The van der Waals surface area contributed by atoms with E-state index in [0.29, 0.717) is 0 Å². The first kappa shape index (κ1) is 9.46. The van der Waals surface area contributed by atoms with Gasteiger partial charge in [-0.25, -0.2) is 0 Å². The molecule has 3 nitrogen and oxygen atoms in total. The number of rotatable bonds is 0. The first-order valence-corrected chi connectivity index (χ1v) is 5.86. The summed E-state index contributed by atoms with van der Waals surface area (Å²) in [5.41, 5.74) is 0. The smallest absolute Gasteiger partial charge is 0.174 e. The van der Waals surface area contributed by atoms with Crippen LogP contribution in [0.3, 0.4) is 0 Å². The Labute approximate surface area is 88.5 Å². The summed E-state index contributed by atoms with van der Waals surface area (Å²) in [5, 5.41) is 0. The van der Waals surface area contributed by atoms with Crippen LogP contribution in [0.15, 0.2) is 0 Å².